The van der Waals surface area contributed by atoms with Crippen molar-refractivity contribution in [2.45, 2.75) is 32.7 Å². The number of likely N-dealkylation sites (N-methyl/N-ethyl adjacent to an activating group) is 1. The van der Waals surface area contributed by atoms with E-state index in [9.17, 15) is 9.59 Å². The van der Waals surface area contributed by atoms with Crippen molar-refractivity contribution in [3.63, 3.8) is 0 Å². The van der Waals surface area contributed by atoms with Crippen LogP contribution in [0.4, 0.5) is 0 Å². The molecule has 1 aliphatic heterocycles. The average Bonchev–Trinajstić information content (AvgIpc) is 3.01. The summed E-state index contributed by atoms with van der Waals surface area (Å²) in [5, 5.41) is 7.52. The molecule has 2 heterocycles. The van der Waals surface area contributed by atoms with Crippen molar-refractivity contribution in [2.24, 2.45) is 0 Å². The predicted molar refractivity (Wildman–Crippen MR) is 90.9 cm³/mol. The lowest BCUT2D eigenvalue weighted by molar-refractivity contribution is -0.126. The van der Waals surface area contributed by atoms with E-state index in [2.05, 4.69) is 10.4 Å². The molecular formula is C18H22N4O2. The Kier molecular flexibility index (Phi) is 4.38. The van der Waals surface area contributed by atoms with Gasteiger partial charge in [-0.1, -0.05) is 18.2 Å². The lowest BCUT2D eigenvalue weighted by Crippen LogP contribution is -2.37. The molecular weight excluding hydrogens is 304 g/mol. The Balaban J connectivity index is 1.73. The Bertz CT molecular complexity index is 767. The molecule has 1 aliphatic rings. The second-order valence-electron chi connectivity index (χ2n) is 6.32. The van der Waals surface area contributed by atoms with Crippen LogP contribution in [0.25, 0.3) is 5.69 Å². The van der Waals surface area contributed by atoms with Crippen molar-refractivity contribution in [1.29, 1.82) is 0 Å². The van der Waals surface area contributed by atoms with Gasteiger partial charge in [-0.15, -0.1) is 0 Å². The molecule has 0 radical (unpaired) electrons. The van der Waals surface area contributed by atoms with Crippen molar-refractivity contribution in [3.05, 3.63) is 47.3 Å². The molecule has 3 rings (SSSR count). The molecule has 1 fully saturated rings. The van der Waals surface area contributed by atoms with Gasteiger partial charge in [0.25, 0.3) is 0 Å². The molecule has 0 spiro atoms. The summed E-state index contributed by atoms with van der Waals surface area (Å²) in [6.07, 6.45) is 0.655. The van der Waals surface area contributed by atoms with Crippen LogP contribution < -0.4 is 5.32 Å². The first kappa shape index (κ1) is 16.2. The molecule has 1 N–H and O–H groups in total. The van der Waals surface area contributed by atoms with E-state index in [-0.39, 0.29) is 24.3 Å². The number of para-hydroxylation sites is 1. The highest BCUT2D eigenvalue weighted by Gasteiger charge is 2.28. The summed E-state index contributed by atoms with van der Waals surface area (Å²) < 4.78 is 1.87. The van der Waals surface area contributed by atoms with E-state index < -0.39 is 0 Å². The number of hydrogen-bond acceptors (Lipinski definition) is 3. The van der Waals surface area contributed by atoms with E-state index in [0.29, 0.717) is 13.0 Å². The summed E-state index contributed by atoms with van der Waals surface area (Å²) in [4.78, 5) is 25.6. The zero-order valence-corrected chi connectivity index (χ0v) is 14.2. The Morgan fingerprint density at radius 2 is 2.00 bits per heavy atom. The van der Waals surface area contributed by atoms with Crippen LogP contribution in [-0.2, 0) is 16.0 Å². The highest BCUT2D eigenvalue weighted by Crippen LogP contribution is 2.18. The minimum absolute atomic E-state index is 0.0677. The Labute approximate surface area is 141 Å². The van der Waals surface area contributed by atoms with E-state index in [1.165, 1.54) is 0 Å². The number of aryl methyl sites for hydroxylation is 1. The summed E-state index contributed by atoms with van der Waals surface area (Å²) in [5.41, 5.74) is 3.74. The van der Waals surface area contributed by atoms with Gasteiger partial charge in [-0.3, -0.25) is 9.59 Å². The molecule has 1 saturated heterocycles. The van der Waals surface area contributed by atoms with Gasteiger partial charge in [0.2, 0.25) is 11.8 Å². The number of aromatic nitrogens is 2. The predicted octanol–water partition coefficient (Wildman–Crippen LogP) is 1.38. The van der Waals surface area contributed by atoms with E-state index >= 15 is 0 Å². The molecule has 0 unspecified atom stereocenters. The molecule has 0 bridgehead atoms. The largest absolute Gasteiger partial charge is 0.351 e. The number of carbonyl (C=O) groups is 2. The molecule has 1 atom stereocenters. The SMILES string of the molecule is Cc1nn(-c2ccccc2)c(C)c1CC(=O)N[C@H]1CC(=O)N(C)C1. The third-order valence-corrected chi connectivity index (χ3v) is 4.49. The molecule has 0 saturated carbocycles. The van der Waals surface area contributed by atoms with Gasteiger partial charge in [0.05, 0.1) is 23.8 Å². The van der Waals surface area contributed by atoms with E-state index in [4.69, 9.17) is 0 Å². The summed E-state index contributed by atoms with van der Waals surface area (Å²) in [6.45, 7) is 4.47. The molecule has 6 heteroatoms. The average molecular weight is 326 g/mol. The van der Waals surface area contributed by atoms with Gasteiger partial charge in [0.1, 0.15) is 0 Å². The zero-order chi connectivity index (χ0) is 17.3. The highest BCUT2D eigenvalue weighted by molar-refractivity contribution is 5.83. The van der Waals surface area contributed by atoms with E-state index in [1.807, 2.05) is 48.9 Å². The van der Waals surface area contributed by atoms with E-state index in [1.54, 1.807) is 11.9 Å². The van der Waals surface area contributed by atoms with Crippen LogP contribution in [0.15, 0.2) is 30.3 Å². The number of nitrogens with one attached hydrogen (secondary N) is 1. The molecule has 2 amide bonds. The number of benzene rings is 1. The molecule has 24 heavy (non-hydrogen) atoms. The maximum absolute atomic E-state index is 12.4. The summed E-state index contributed by atoms with van der Waals surface area (Å²) in [5.74, 6) is 0.00599. The van der Waals surface area contributed by atoms with Gasteiger partial charge < -0.3 is 10.2 Å². The van der Waals surface area contributed by atoms with Crippen LogP contribution in [0, 0.1) is 13.8 Å². The van der Waals surface area contributed by atoms with Crippen molar-refractivity contribution < 1.29 is 9.59 Å². The van der Waals surface area contributed by atoms with Crippen LogP contribution in [0.5, 0.6) is 0 Å². The molecule has 2 aromatic rings. The Morgan fingerprint density at radius 1 is 1.29 bits per heavy atom. The minimum Gasteiger partial charge on any atom is -0.351 e. The minimum atomic E-state index is -0.0974. The van der Waals surface area contributed by atoms with Crippen molar-refractivity contribution in [1.82, 2.24) is 20.0 Å². The number of hydrogen-bond donors (Lipinski definition) is 1. The lowest BCUT2D eigenvalue weighted by atomic mass is 10.1. The fraction of sp³-hybridized carbons (Fsp3) is 0.389. The zero-order valence-electron chi connectivity index (χ0n) is 14.2. The van der Waals surface area contributed by atoms with Gasteiger partial charge in [-0.05, 0) is 26.0 Å². The lowest BCUT2D eigenvalue weighted by Gasteiger charge is -2.12. The first-order chi connectivity index (χ1) is 11.5. The molecule has 0 aliphatic carbocycles. The van der Waals surface area contributed by atoms with Crippen LogP contribution in [0.2, 0.25) is 0 Å². The van der Waals surface area contributed by atoms with Gasteiger partial charge in [0, 0.05) is 31.3 Å². The van der Waals surface area contributed by atoms with Crippen molar-refractivity contribution in [2.75, 3.05) is 13.6 Å². The third-order valence-electron chi connectivity index (χ3n) is 4.49. The summed E-state index contributed by atoms with van der Waals surface area (Å²) in [7, 11) is 1.76. The number of rotatable bonds is 4. The van der Waals surface area contributed by atoms with Crippen LogP contribution in [0.1, 0.15) is 23.4 Å². The maximum atomic E-state index is 12.4. The number of nitrogens with zero attached hydrogens (tertiary/aromatic N) is 3. The second kappa shape index (κ2) is 6.47. The maximum Gasteiger partial charge on any atom is 0.224 e. The third kappa shape index (κ3) is 3.18. The summed E-state index contributed by atoms with van der Waals surface area (Å²) in [6, 6.07) is 9.77. The Morgan fingerprint density at radius 3 is 2.62 bits per heavy atom. The van der Waals surface area contributed by atoms with Gasteiger partial charge >= 0.3 is 0 Å². The molecule has 126 valence electrons. The number of amides is 2. The van der Waals surface area contributed by atoms with Crippen LogP contribution in [-0.4, -0.2) is 46.1 Å². The topological polar surface area (TPSA) is 67.2 Å². The number of carbonyl (C=O) groups excluding carboxylic acids is 2. The van der Waals surface area contributed by atoms with Gasteiger partial charge in [0.15, 0.2) is 0 Å². The normalized spacial score (nSPS) is 17.4. The first-order valence-electron chi connectivity index (χ1n) is 8.09. The van der Waals surface area contributed by atoms with Crippen molar-refractivity contribution >= 4 is 11.8 Å². The van der Waals surface area contributed by atoms with Crippen LogP contribution >= 0.6 is 0 Å². The molecule has 6 nitrogen and oxygen atoms in total. The highest BCUT2D eigenvalue weighted by atomic mass is 16.2. The fourth-order valence-corrected chi connectivity index (χ4v) is 3.15. The fourth-order valence-electron chi connectivity index (χ4n) is 3.15. The molecule has 1 aromatic carbocycles. The monoisotopic (exact) mass is 326 g/mol. The van der Waals surface area contributed by atoms with Crippen molar-refractivity contribution in [3.8, 4) is 5.69 Å². The first-order valence-corrected chi connectivity index (χ1v) is 8.09. The summed E-state index contributed by atoms with van der Waals surface area (Å²) >= 11 is 0. The quantitative estimate of drug-likeness (QED) is 0.923. The van der Waals surface area contributed by atoms with E-state index in [0.717, 1.165) is 22.6 Å². The van der Waals surface area contributed by atoms with Gasteiger partial charge in [-0.2, -0.15) is 5.10 Å². The van der Waals surface area contributed by atoms with Gasteiger partial charge in [-0.25, -0.2) is 4.68 Å². The number of likely N-dealkylation sites (tertiary alicyclic amines) is 1. The molecule has 1 aromatic heterocycles. The van der Waals surface area contributed by atoms with Crippen LogP contribution in [0.3, 0.4) is 0 Å². The standard InChI is InChI=1S/C18H22N4O2/c1-12-16(10-17(23)19-14-9-18(24)21(3)11-14)13(2)22(20-12)15-7-5-4-6-8-15/h4-8,14H,9-11H2,1-3H3,(H,19,23)/t14-/m0/s1. The smallest absolute Gasteiger partial charge is 0.224 e. The second-order valence-corrected chi connectivity index (χ2v) is 6.32. The Hall–Kier alpha value is -2.63.